The summed E-state index contributed by atoms with van der Waals surface area (Å²) < 4.78 is 5.51. The van der Waals surface area contributed by atoms with Gasteiger partial charge in [-0.05, 0) is 6.07 Å². The first kappa shape index (κ1) is 13.8. The number of phenolic OH excluding ortho intramolecular Hbond substituents is 1. The predicted molar refractivity (Wildman–Crippen MR) is 71.8 cm³/mol. The van der Waals surface area contributed by atoms with Crippen LogP contribution >= 0.6 is 0 Å². The molecule has 1 aliphatic rings. The Balaban J connectivity index is 1.87. The van der Waals surface area contributed by atoms with Gasteiger partial charge in [-0.2, -0.15) is 0 Å². The third-order valence-corrected chi connectivity index (χ3v) is 3.23. The number of amides is 1. The maximum Gasteiger partial charge on any atom is 0.225 e. The van der Waals surface area contributed by atoms with E-state index in [9.17, 15) is 9.90 Å². The molecule has 2 rings (SSSR count). The van der Waals surface area contributed by atoms with E-state index >= 15 is 0 Å². The Labute approximate surface area is 113 Å². The van der Waals surface area contributed by atoms with Crippen molar-refractivity contribution in [1.82, 2.24) is 10.2 Å². The predicted octanol–water partition coefficient (Wildman–Crippen LogP) is 0.729. The van der Waals surface area contributed by atoms with Crippen LogP contribution in [0, 0.1) is 0 Å². The van der Waals surface area contributed by atoms with Gasteiger partial charge >= 0.3 is 0 Å². The third-order valence-electron chi connectivity index (χ3n) is 3.23. The van der Waals surface area contributed by atoms with Crippen LogP contribution in [0.15, 0.2) is 24.3 Å². The molecule has 1 aliphatic heterocycles. The number of nitrogens with one attached hydrogen (secondary N) is 1. The maximum absolute atomic E-state index is 12.1. The van der Waals surface area contributed by atoms with Crippen molar-refractivity contribution < 1.29 is 14.6 Å². The van der Waals surface area contributed by atoms with Crippen molar-refractivity contribution in [3.63, 3.8) is 0 Å². The lowest BCUT2D eigenvalue weighted by Crippen LogP contribution is -2.41. The van der Waals surface area contributed by atoms with E-state index in [1.807, 2.05) is 12.1 Å². The molecule has 0 saturated carbocycles. The topological polar surface area (TPSA) is 61.8 Å². The summed E-state index contributed by atoms with van der Waals surface area (Å²) in [5.41, 5.74) is 0.751. The zero-order valence-corrected chi connectivity index (χ0v) is 11.1. The molecule has 1 aromatic rings. The molecule has 0 bridgehead atoms. The zero-order chi connectivity index (χ0) is 13.7. The molecule has 5 heteroatoms. The molecule has 2 N–H and O–H groups in total. The van der Waals surface area contributed by atoms with Crippen molar-refractivity contribution in [2.45, 2.75) is 19.1 Å². The molecular weight excluding hydrogens is 244 g/mol. The first-order chi connectivity index (χ1) is 9.16. The van der Waals surface area contributed by atoms with E-state index in [1.165, 1.54) is 0 Å². The molecule has 5 nitrogen and oxygen atoms in total. The number of rotatable bonds is 4. The number of carbonyl (C=O) groups is 1. The number of nitrogens with zero attached hydrogens (tertiary/aromatic N) is 1. The van der Waals surface area contributed by atoms with E-state index in [0.29, 0.717) is 19.6 Å². The lowest BCUT2D eigenvalue weighted by molar-refractivity contribution is -0.133. The fourth-order valence-electron chi connectivity index (χ4n) is 2.09. The zero-order valence-electron chi connectivity index (χ0n) is 11.1. The molecule has 0 radical (unpaired) electrons. The van der Waals surface area contributed by atoms with Gasteiger partial charge in [-0.25, -0.2) is 0 Å². The Morgan fingerprint density at radius 1 is 1.53 bits per heavy atom. The lowest BCUT2D eigenvalue weighted by atomic mass is 10.1. The number of phenols is 1. The van der Waals surface area contributed by atoms with Crippen molar-refractivity contribution in [3.05, 3.63) is 29.8 Å². The quantitative estimate of drug-likeness (QED) is 0.841. The van der Waals surface area contributed by atoms with Crippen LogP contribution in [0.5, 0.6) is 5.75 Å². The number of aromatic hydroxyl groups is 1. The molecule has 1 heterocycles. The van der Waals surface area contributed by atoms with Gasteiger partial charge < -0.3 is 20.1 Å². The number of para-hydroxylation sites is 1. The van der Waals surface area contributed by atoms with E-state index in [-0.39, 0.29) is 17.8 Å². The number of carbonyl (C=O) groups excluding carboxylic acids is 1. The summed E-state index contributed by atoms with van der Waals surface area (Å²) in [6.07, 6.45) is 0.324. The molecule has 0 aliphatic carbocycles. The van der Waals surface area contributed by atoms with Crippen molar-refractivity contribution in [1.29, 1.82) is 0 Å². The summed E-state index contributed by atoms with van der Waals surface area (Å²) in [5, 5.41) is 12.9. The normalized spacial score (nSPS) is 19.1. The van der Waals surface area contributed by atoms with Crippen LogP contribution < -0.4 is 5.32 Å². The first-order valence-electron chi connectivity index (χ1n) is 6.50. The minimum Gasteiger partial charge on any atom is -0.508 e. The van der Waals surface area contributed by atoms with Crippen LogP contribution in [-0.4, -0.2) is 48.8 Å². The van der Waals surface area contributed by atoms with Crippen LogP contribution in [-0.2, 0) is 16.1 Å². The van der Waals surface area contributed by atoms with E-state index in [1.54, 1.807) is 24.1 Å². The van der Waals surface area contributed by atoms with E-state index in [2.05, 4.69) is 5.32 Å². The molecule has 0 aromatic heterocycles. The molecule has 104 valence electrons. The Morgan fingerprint density at radius 2 is 2.32 bits per heavy atom. The van der Waals surface area contributed by atoms with Gasteiger partial charge in [0.25, 0.3) is 0 Å². The molecule has 19 heavy (non-hydrogen) atoms. The highest BCUT2D eigenvalue weighted by molar-refractivity contribution is 5.76. The number of hydrogen-bond acceptors (Lipinski definition) is 4. The van der Waals surface area contributed by atoms with E-state index < -0.39 is 0 Å². The van der Waals surface area contributed by atoms with Crippen LogP contribution in [0.25, 0.3) is 0 Å². The maximum atomic E-state index is 12.1. The van der Waals surface area contributed by atoms with Crippen molar-refractivity contribution in [3.8, 4) is 5.75 Å². The van der Waals surface area contributed by atoms with Gasteiger partial charge in [-0.1, -0.05) is 18.2 Å². The van der Waals surface area contributed by atoms with Crippen molar-refractivity contribution in [2.24, 2.45) is 0 Å². The third kappa shape index (κ3) is 3.94. The molecular formula is C14H20N2O3. The van der Waals surface area contributed by atoms with Gasteiger partial charge in [0.15, 0.2) is 0 Å². The average molecular weight is 264 g/mol. The van der Waals surface area contributed by atoms with Gasteiger partial charge in [0.05, 0.1) is 19.1 Å². The highest BCUT2D eigenvalue weighted by Gasteiger charge is 2.20. The highest BCUT2D eigenvalue weighted by atomic mass is 16.5. The van der Waals surface area contributed by atoms with Gasteiger partial charge in [0.1, 0.15) is 5.75 Å². The largest absolute Gasteiger partial charge is 0.508 e. The van der Waals surface area contributed by atoms with E-state index in [4.69, 9.17) is 4.74 Å². The van der Waals surface area contributed by atoms with Gasteiger partial charge in [0, 0.05) is 32.2 Å². The fourth-order valence-corrected chi connectivity index (χ4v) is 2.09. The Bertz CT molecular complexity index is 430. The van der Waals surface area contributed by atoms with Crippen LogP contribution in [0.3, 0.4) is 0 Å². The van der Waals surface area contributed by atoms with Crippen LogP contribution in [0.2, 0.25) is 0 Å². The summed E-state index contributed by atoms with van der Waals surface area (Å²) in [5.74, 6) is 0.245. The van der Waals surface area contributed by atoms with Crippen molar-refractivity contribution >= 4 is 5.91 Å². The second-order valence-corrected chi connectivity index (χ2v) is 4.78. The van der Waals surface area contributed by atoms with Crippen molar-refractivity contribution in [2.75, 3.05) is 26.7 Å². The second kappa shape index (κ2) is 6.54. The standard InChI is InChI=1S/C14H20N2O3/c1-16(10-11-4-2-3-5-13(11)17)14(18)8-12-9-15-6-7-19-12/h2-5,12,15,17H,6-10H2,1H3. The number of ether oxygens (including phenoxy) is 1. The number of morpholine rings is 1. The molecule has 1 aromatic carbocycles. The second-order valence-electron chi connectivity index (χ2n) is 4.78. The Morgan fingerprint density at radius 3 is 3.00 bits per heavy atom. The Kier molecular flexibility index (Phi) is 4.76. The lowest BCUT2D eigenvalue weighted by Gasteiger charge is -2.25. The van der Waals surface area contributed by atoms with Gasteiger partial charge in [0.2, 0.25) is 5.91 Å². The molecule has 1 unspecified atom stereocenters. The monoisotopic (exact) mass is 264 g/mol. The first-order valence-corrected chi connectivity index (χ1v) is 6.50. The summed E-state index contributed by atoms with van der Waals surface area (Å²) >= 11 is 0. The number of hydrogen-bond donors (Lipinski definition) is 2. The smallest absolute Gasteiger partial charge is 0.225 e. The SMILES string of the molecule is CN(Cc1ccccc1O)C(=O)CC1CNCCO1. The summed E-state index contributed by atoms with van der Waals surface area (Å²) in [6, 6.07) is 7.06. The molecule has 1 fully saturated rings. The average Bonchev–Trinajstić information content (AvgIpc) is 2.42. The fraction of sp³-hybridized carbons (Fsp3) is 0.500. The van der Waals surface area contributed by atoms with E-state index in [0.717, 1.165) is 18.7 Å². The van der Waals surface area contributed by atoms with Gasteiger partial charge in [-0.15, -0.1) is 0 Å². The summed E-state index contributed by atoms with van der Waals surface area (Å²) in [7, 11) is 1.74. The van der Waals surface area contributed by atoms with Crippen LogP contribution in [0.1, 0.15) is 12.0 Å². The minimum atomic E-state index is -0.0481. The molecule has 1 atom stereocenters. The summed E-state index contributed by atoms with van der Waals surface area (Å²) in [4.78, 5) is 13.7. The molecule has 1 saturated heterocycles. The van der Waals surface area contributed by atoms with Crippen LogP contribution in [0.4, 0.5) is 0 Å². The highest BCUT2D eigenvalue weighted by Crippen LogP contribution is 2.17. The molecule has 1 amide bonds. The Hall–Kier alpha value is -1.59. The minimum absolute atomic E-state index is 0.0250. The number of benzene rings is 1. The molecule has 0 spiro atoms. The summed E-state index contributed by atoms with van der Waals surface area (Å²) in [6.45, 7) is 2.63. The van der Waals surface area contributed by atoms with Gasteiger partial charge in [-0.3, -0.25) is 4.79 Å².